The molecule has 3 aromatic rings. The Bertz CT molecular complexity index is 1300. The van der Waals surface area contributed by atoms with Gasteiger partial charge in [0.05, 0.1) is 21.0 Å². The van der Waals surface area contributed by atoms with E-state index in [-0.39, 0.29) is 17.3 Å². The number of carbonyl (C=O) groups excluding carboxylic acids is 1. The predicted molar refractivity (Wildman–Crippen MR) is 126 cm³/mol. The number of carbonyl (C=O) groups is 1. The summed E-state index contributed by atoms with van der Waals surface area (Å²) in [4.78, 5) is 19.3. The van der Waals surface area contributed by atoms with Crippen LogP contribution in [-0.2, 0) is 21.9 Å². The lowest BCUT2D eigenvalue weighted by Crippen LogP contribution is -2.42. The Morgan fingerprint density at radius 3 is 2.68 bits per heavy atom. The molecular formula is C21H22ClN3O3S3. The molecule has 10 heteroatoms. The van der Waals surface area contributed by atoms with Crippen LogP contribution in [0.3, 0.4) is 0 Å². The third-order valence-electron chi connectivity index (χ3n) is 5.41. The number of rotatable bonds is 4. The molecule has 31 heavy (non-hydrogen) atoms. The summed E-state index contributed by atoms with van der Waals surface area (Å²) in [5.74, 6) is -0.731. The maximum absolute atomic E-state index is 13.0. The molecule has 1 fully saturated rings. The number of hydrogen-bond donors (Lipinski definition) is 0. The average molecular weight is 496 g/mol. The number of halogens is 1. The molecule has 1 aliphatic rings. The van der Waals surface area contributed by atoms with Crippen molar-refractivity contribution in [3.8, 4) is 0 Å². The smallest absolute Gasteiger partial charge is 0.252 e. The number of fused-ring (bicyclic) bond motifs is 1. The highest BCUT2D eigenvalue weighted by Gasteiger charge is 2.33. The molecule has 1 aliphatic heterocycles. The van der Waals surface area contributed by atoms with Crippen LogP contribution in [0.5, 0.6) is 0 Å². The van der Waals surface area contributed by atoms with Crippen molar-refractivity contribution in [1.82, 2.24) is 8.87 Å². The first-order valence-electron chi connectivity index (χ1n) is 9.77. The molecule has 0 N–H and O–H groups in total. The van der Waals surface area contributed by atoms with Gasteiger partial charge in [-0.15, -0.1) is 11.8 Å². The first kappa shape index (κ1) is 22.5. The van der Waals surface area contributed by atoms with Crippen LogP contribution in [-0.4, -0.2) is 42.5 Å². The fraction of sp³-hybridized carbons (Fsp3) is 0.333. The molecule has 1 aromatic heterocycles. The van der Waals surface area contributed by atoms with Gasteiger partial charge in [-0.25, -0.2) is 8.42 Å². The van der Waals surface area contributed by atoms with Gasteiger partial charge < -0.3 is 4.57 Å². The van der Waals surface area contributed by atoms with E-state index in [0.717, 1.165) is 15.1 Å². The van der Waals surface area contributed by atoms with Crippen LogP contribution in [0.1, 0.15) is 12.8 Å². The molecule has 0 bridgehead atoms. The number of piperidine rings is 1. The minimum absolute atomic E-state index is 0.137. The average Bonchev–Trinajstić information content (AvgIpc) is 3.08. The van der Waals surface area contributed by atoms with E-state index in [1.54, 1.807) is 23.9 Å². The maximum Gasteiger partial charge on any atom is 0.252 e. The summed E-state index contributed by atoms with van der Waals surface area (Å²) in [7, 11) is -1.79. The third kappa shape index (κ3) is 4.61. The van der Waals surface area contributed by atoms with Crippen molar-refractivity contribution in [2.45, 2.75) is 22.6 Å². The van der Waals surface area contributed by atoms with Gasteiger partial charge in [0.25, 0.3) is 5.91 Å². The highest BCUT2D eigenvalue weighted by molar-refractivity contribution is 7.98. The number of aromatic nitrogens is 1. The molecule has 0 aliphatic carbocycles. The van der Waals surface area contributed by atoms with E-state index >= 15 is 0 Å². The second-order valence-electron chi connectivity index (χ2n) is 7.38. The molecule has 4 rings (SSSR count). The quantitative estimate of drug-likeness (QED) is 0.510. The molecule has 1 saturated heterocycles. The van der Waals surface area contributed by atoms with E-state index < -0.39 is 15.9 Å². The Kier molecular flexibility index (Phi) is 6.60. The fourth-order valence-electron chi connectivity index (χ4n) is 3.65. The lowest BCUT2D eigenvalue weighted by molar-refractivity contribution is -0.122. The van der Waals surface area contributed by atoms with E-state index in [1.807, 2.05) is 30.0 Å². The fourth-order valence-corrected chi connectivity index (χ4v) is 6.88. The normalized spacial score (nSPS) is 18.5. The van der Waals surface area contributed by atoms with E-state index in [2.05, 4.69) is 11.1 Å². The Hall–Kier alpha value is -1.65. The molecule has 6 nitrogen and oxygen atoms in total. The Labute approximate surface area is 194 Å². The van der Waals surface area contributed by atoms with Gasteiger partial charge in [-0.2, -0.15) is 9.30 Å². The summed E-state index contributed by atoms with van der Waals surface area (Å²) in [5.41, 5.74) is 1.02. The lowest BCUT2D eigenvalue weighted by atomic mass is 9.99. The van der Waals surface area contributed by atoms with Gasteiger partial charge in [0.2, 0.25) is 10.0 Å². The van der Waals surface area contributed by atoms with Crippen molar-refractivity contribution >= 4 is 60.8 Å². The van der Waals surface area contributed by atoms with Gasteiger partial charge >= 0.3 is 0 Å². The van der Waals surface area contributed by atoms with Gasteiger partial charge in [-0.05, 0) is 61.6 Å². The zero-order valence-corrected chi connectivity index (χ0v) is 20.3. The first-order valence-corrected chi connectivity index (χ1v) is 13.6. The van der Waals surface area contributed by atoms with Gasteiger partial charge in [-0.3, -0.25) is 4.79 Å². The van der Waals surface area contributed by atoms with Crippen LogP contribution in [0.15, 0.2) is 57.2 Å². The topological polar surface area (TPSA) is 71.7 Å². The number of hydrogen-bond acceptors (Lipinski definition) is 5. The summed E-state index contributed by atoms with van der Waals surface area (Å²) in [6.45, 7) is 0.529. The van der Waals surface area contributed by atoms with Gasteiger partial charge in [0, 0.05) is 30.1 Å². The van der Waals surface area contributed by atoms with E-state index in [9.17, 15) is 13.2 Å². The van der Waals surface area contributed by atoms with Crippen LogP contribution in [0.2, 0.25) is 5.02 Å². The zero-order valence-electron chi connectivity index (χ0n) is 17.1. The van der Waals surface area contributed by atoms with Gasteiger partial charge in [0.1, 0.15) is 0 Å². The predicted octanol–water partition coefficient (Wildman–Crippen LogP) is 4.14. The monoisotopic (exact) mass is 495 g/mol. The van der Waals surface area contributed by atoms with Crippen LogP contribution in [0.4, 0.5) is 0 Å². The highest BCUT2D eigenvalue weighted by Crippen LogP contribution is 2.26. The van der Waals surface area contributed by atoms with Crippen LogP contribution in [0, 0.1) is 5.92 Å². The minimum Gasteiger partial charge on any atom is -0.319 e. The SMILES string of the molecule is CSc1ccc2c(c1)sc(=NC(=O)C1CCCN(S(=O)(=O)c3ccc(Cl)cc3)C1)n2C. The van der Waals surface area contributed by atoms with E-state index in [0.29, 0.717) is 29.2 Å². The second kappa shape index (κ2) is 9.07. The van der Waals surface area contributed by atoms with Crippen molar-refractivity contribution in [3.05, 3.63) is 52.3 Å². The third-order valence-corrected chi connectivity index (χ3v) is 9.36. The molecule has 2 heterocycles. The van der Waals surface area contributed by atoms with Crippen molar-refractivity contribution in [1.29, 1.82) is 0 Å². The largest absolute Gasteiger partial charge is 0.319 e. The van der Waals surface area contributed by atoms with Crippen molar-refractivity contribution in [3.63, 3.8) is 0 Å². The van der Waals surface area contributed by atoms with Gasteiger partial charge in [-0.1, -0.05) is 22.9 Å². The number of nitrogens with zero attached hydrogens (tertiary/aromatic N) is 3. The Morgan fingerprint density at radius 1 is 1.23 bits per heavy atom. The first-order chi connectivity index (χ1) is 14.8. The van der Waals surface area contributed by atoms with E-state index in [1.165, 1.54) is 27.8 Å². The minimum atomic E-state index is -3.68. The lowest BCUT2D eigenvalue weighted by Gasteiger charge is -2.30. The number of thiazole rings is 1. The molecular weight excluding hydrogens is 474 g/mol. The Morgan fingerprint density at radius 2 is 1.97 bits per heavy atom. The van der Waals surface area contributed by atoms with Crippen molar-refractivity contribution < 1.29 is 13.2 Å². The summed E-state index contributed by atoms with van der Waals surface area (Å²) in [6, 6.07) is 12.3. The molecule has 2 aromatic carbocycles. The summed E-state index contributed by atoms with van der Waals surface area (Å²) < 4.78 is 30.3. The van der Waals surface area contributed by atoms with Crippen LogP contribution >= 0.6 is 34.7 Å². The highest BCUT2D eigenvalue weighted by atomic mass is 35.5. The van der Waals surface area contributed by atoms with E-state index in [4.69, 9.17) is 11.6 Å². The van der Waals surface area contributed by atoms with Crippen LogP contribution in [0.25, 0.3) is 10.2 Å². The number of benzene rings is 2. The van der Waals surface area contributed by atoms with Crippen molar-refractivity contribution in [2.75, 3.05) is 19.3 Å². The maximum atomic E-state index is 13.0. The molecule has 1 amide bonds. The number of aryl methyl sites for hydroxylation is 1. The molecule has 0 spiro atoms. The number of amides is 1. The summed E-state index contributed by atoms with van der Waals surface area (Å²) >= 11 is 9.02. The molecule has 0 saturated carbocycles. The zero-order chi connectivity index (χ0) is 22.2. The number of thioether (sulfide) groups is 1. The Balaban J connectivity index is 1.59. The van der Waals surface area contributed by atoms with Crippen molar-refractivity contribution in [2.24, 2.45) is 18.0 Å². The van der Waals surface area contributed by atoms with Gasteiger partial charge in [0.15, 0.2) is 4.80 Å². The number of sulfonamides is 1. The van der Waals surface area contributed by atoms with Crippen LogP contribution < -0.4 is 4.80 Å². The summed E-state index contributed by atoms with van der Waals surface area (Å²) in [6.07, 6.45) is 3.27. The second-order valence-corrected chi connectivity index (χ2v) is 11.6. The molecule has 164 valence electrons. The standard InChI is InChI=1S/C21H22ClN3O3S3/c1-24-18-10-7-16(29-2)12-19(18)30-21(24)23-20(26)14-4-3-11-25(13-14)31(27,28)17-8-5-15(22)6-9-17/h5-10,12,14H,3-4,11,13H2,1-2H3. The molecule has 1 atom stereocenters. The molecule has 0 radical (unpaired) electrons. The molecule has 1 unspecified atom stereocenters. The summed E-state index contributed by atoms with van der Waals surface area (Å²) in [5, 5.41) is 0.477.